The third-order valence-corrected chi connectivity index (χ3v) is 4.22. The molecule has 2 N–H and O–H groups in total. The Bertz CT molecular complexity index is 944. The highest BCUT2D eigenvalue weighted by Crippen LogP contribution is 2.33. The summed E-state index contributed by atoms with van der Waals surface area (Å²) in [6, 6.07) is 13.1. The molecule has 0 radical (unpaired) electrons. The van der Waals surface area contributed by atoms with Crippen LogP contribution in [0.4, 0.5) is 0 Å². The fraction of sp³-hybridized carbons (Fsp3) is 0.143. The van der Waals surface area contributed by atoms with Crippen molar-refractivity contribution in [2.45, 2.75) is 12.8 Å². The summed E-state index contributed by atoms with van der Waals surface area (Å²) < 4.78 is 16.9. The Labute approximate surface area is 151 Å². The van der Waals surface area contributed by atoms with Gasteiger partial charge in [0.25, 0.3) is 5.90 Å². The summed E-state index contributed by atoms with van der Waals surface area (Å²) in [6.07, 6.45) is 7.66. The van der Waals surface area contributed by atoms with E-state index in [4.69, 9.17) is 25.0 Å². The number of para-hydroxylation sites is 2. The number of benzene rings is 2. The molecule has 2 aromatic carbocycles. The lowest BCUT2D eigenvalue weighted by Gasteiger charge is -2.20. The van der Waals surface area contributed by atoms with Gasteiger partial charge >= 0.3 is 0 Å². The molecule has 5 nitrogen and oxygen atoms in total. The Morgan fingerprint density at radius 2 is 1.88 bits per heavy atom. The van der Waals surface area contributed by atoms with Crippen LogP contribution in [0.1, 0.15) is 17.5 Å². The van der Waals surface area contributed by atoms with Crippen LogP contribution in [0, 0.1) is 10.8 Å². The second kappa shape index (κ2) is 6.88. The maximum absolute atomic E-state index is 8.14. The molecule has 2 aliphatic rings. The first-order valence-electron chi connectivity index (χ1n) is 8.45. The second-order valence-corrected chi connectivity index (χ2v) is 6.07. The van der Waals surface area contributed by atoms with Gasteiger partial charge in [-0.15, -0.1) is 0 Å². The van der Waals surface area contributed by atoms with Gasteiger partial charge in [0, 0.05) is 11.6 Å². The zero-order chi connectivity index (χ0) is 17.9. The number of fused-ring (bicyclic) bond motifs is 2. The van der Waals surface area contributed by atoms with Crippen molar-refractivity contribution >= 4 is 17.7 Å². The van der Waals surface area contributed by atoms with Crippen molar-refractivity contribution < 1.29 is 14.2 Å². The SMILES string of the molecule is N=C(/C=C1/Oc2ccccc2OC1=N)COc1cccc2c1CCC=C2. The van der Waals surface area contributed by atoms with Crippen molar-refractivity contribution in [1.82, 2.24) is 0 Å². The first-order valence-corrected chi connectivity index (χ1v) is 8.45. The minimum absolute atomic E-state index is 0.0992. The van der Waals surface area contributed by atoms with Gasteiger partial charge in [0.05, 0.1) is 5.71 Å². The predicted octanol–water partition coefficient (Wildman–Crippen LogP) is 4.38. The largest absolute Gasteiger partial charge is 0.487 e. The quantitative estimate of drug-likeness (QED) is 0.807. The molecular weight excluding hydrogens is 328 g/mol. The summed E-state index contributed by atoms with van der Waals surface area (Å²) in [5.41, 5.74) is 2.55. The first kappa shape index (κ1) is 16.1. The average molecular weight is 346 g/mol. The summed E-state index contributed by atoms with van der Waals surface area (Å²) in [6.45, 7) is 0.0992. The molecule has 1 aliphatic carbocycles. The van der Waals surface area contributed by atoms with Crippen LogP contribution >= 0.6 is 0 Å². The highest BCUT2D eigenvalue weighted by Gasteiger charge is 2.21. The van der Waals surface area contributed by atoms with Crippen LogP contribution in [0.25, 0.3) is 6.08 Å². The summed E-state index contributed by atoms with van der Waals surface area (Å²) >= 11 is 0. The maximum Gasteiger partial charge on any atom is 0.255 e. The molecule has 5 heteroatoms. The smallest absolute Gasteiger partial charge is 0.255 e. The van der Waals surface area contributed by atoms with Gasteiger partial charge in [-0.2, -0.15) is 0 Å². The fourth-order valence-corrected chi connectivity index (χ4v) is 2.97. The van der Waals surface area contributed by atoms with Gasteiger partial charge in [-0.1, -0.05) is 36.4 Å². The molecule has 0 unspecified atom stereocenters. The van der Waals surface area contributed by atoms with E-state index >= 15 is 0 Å². The molecule has 0 bridgehead atoms. The Morgan fingerprint density at radius 3 is 2.73 bits per heavy atom. The Morgan fingerprint density at radius 1 is 1.08 bits per heavy atom. The molecule has 0 saturated carbocycles. The number of allylic oxidation sites excluding steroid dienone is 1. The third-order valence-electron chi connectivity index (χ3n) is 4.22. The molecule has 0 atom stereocenters. The third kappa shape index (κ3) is 3.24. The van der Waals surface area contributed by atoms with E-state index in [2.05, 4.69) is 18.2 Å². The first-order chi connectivity index (χ1) is 12.7. The highest BCUT2D eigenvalue weighted by atomic mass is 16.6. The number of rotatable bonds is 4. The van der Waals surface area contributed by atoms with E-state index in [0.29, 0.717) is 11.5 Å². The van der Waals surface area contributed by atoms with Crippen molar-refractivity contribution in [2.75, 3.05) is 6.61 Å². The molecule has 0 fully saturated rings. The van der Waals surface area contributed by atoms with Gasteiger partial charge in [-0.3, -0.25) is 5.41 Å². The minimum atomic E-state index is -0.115. The molecule has 0 spiro atoms. The molecule has 0 amide bonds. The minimum Gasteiger partial charge on any atom is -0.487 e. The lowest BCUT2D eigenvalue weighted by atomic mass is 9.97. The lowest BCUT2D eigenvalue weighted by Crippen LogP contribution is -2.22. The van der Waals surface area contributed by atoms with Crippen LogP contribution in [0.2, 0.25) is 0 Å². The second-order valence-electron chi connectivity index (χ2n) is 6.07. The molecule has 0 saturated heterocycles. The van der Waals surface area contributed by atoms with E-state index in [0.717, 1.165) is 18.6 Å². The molecule has 26 heavy (non-hydrogen) atoms. The van der Waals surface area contributed by atoms with Crippen LogP contribution < -0.4 is 14.2 Å². The van der Waals surface area contributed by atoms with Crippen molar-refractivity contribution in [3.8, 4) is 17.2 Å². The van der Waals surface area contributed by atoms with Crippen molar-refractivity contribution in [3.63, 3.8) is 0 Å². The van der Waals surface area contributed by atoms with E-state index in [1.807, 2.05) is 24.3 Å². The number of nitrogens with one attached hydrogen (secondary N) is 2. The summed E-state index contributed by atoms with van der Waals surface area (Å²) in [5, 5.41) is 16.1. The van der Waals surface area contributed by atoms with Gasteiger partial charge in [0.1, 0.15) is 12.4 Å². The van der Waals surface area contributed by atoms with E-state index in [9.17, 15) is 0 Å². The Balaban J connectivity index is 1.46. The zero-order valence-corrected chi connectivity index (χ0v) is 14.1. The Kier molecular flexibility index (Phi) is 4.27. The van der Waals surface area contributed by atoms with Crippen LogP contribution in [-0.2, 0) is 6.42 Å². The van der Waals surface area contributed by atoms with Gasteiger partial charge < -0.3 is 19.6 Å². The normalized spacial score (nSPS) is 16.3. The van der Waals surface area contributed by atoms with Gasteiger partial charge in [-0.05, 0) is 36.6 Å². The summed E-state index contributed by atoms with van der Waals surface area (Å²) in [7, 11) is 0. The van der Waals surface area contributed by atoms with Crippen molar-refractivity contribution in [2.24, 2.45) is 0 Å². The molecule has 1 aliphatic heterocycles. The van der Waals surface area contributed by atoms with E-state index in [1.165, 1.54) is 17.2 Å². The van der Waals surface area contributed by atoms with E-state index in [1.54, 1.807) is 12.1 Å². The lowest BCUT2D eigenvalue weighted by molar-refractivity contribution is 0.362. The van der Waals surface area contributed by atoms with Crippen LogP contribution in [0.15, 0.2) is 60.4 Å². The van der Waals surface area contributed by atoms with Crippen molar-refractivity contribution in [3.05, 3.63) is 71.5 Å². The zero-order valence-electron chi connectivity index (χ0n) is 14.1. The van der Waals surface area contributed by atoms with Crippen LogP contribution in [0.3, 0.4) is 0 Å². The standard InChI is InChI=1S/C21H18N2O3/c22-15(12-20-21(23)26-19-10-4-3-9-18(19)25-20)13-24-17-11-5-7-14-6-1-2-8-16(14)17/h1,3-7,9-12,22-23H,2,8,13H2/b20-12+,22-15?,23-21?. The molecule has 130 valence electrons. The predicted molar refractivity (Wildman–Crippen MR) is 101 cm³/mol. The van der Waals surface area contributed by atoms with Gasteiger partial charge in [-0.25, -0.2) is 0 Å². The number of hydrogen-bond acceptors (Lipinski definition) is 5. The van der Waals surface area contributed by atoms with Gasteiger partial charge in [0.15, 0.2) is 17.3 Å². The van der Waals surface area contributed by atoms with E-state index < -0.39 is 0 Å². The summed E-state index contributed by atoms with van der Waals surface area (Å²) in [4.78, 5) is 0. The van der Waals surface area contributed by atoms with Crippen LogP contribution in [0.5, 0.6) is 17.2 Å². The van der Waals surface area contributed by atoms with E-state index in [-0.39, 0.29) is 24.0 Å². The number of ether oxygens (including phenoxy) is 3. The van der Waals surface area contributed by atoms with Gasteiger partial charge in [0.2, 0.25) is 0 Å². The summed E-state index contributed by atoms with van der Waals surface area (Å²) in [5.74, 6) is 1.93. The average Bonchev–Trinajstić information content (AvgIpc) is 2.67. The number of hydrogen-bond donors (Lipinski definition) is 2. The molecule has 0 aromatic heterocycles. The van der Waals surface area contributed by atoms with Crippen LogP contribution in [-0.4, -0.2) is 18.2 Å². The fourth-order valence-electron chi connectivity index (χ4n) is 2.97. The highest BCUT2D eigenvalue weighted by molar-refractivity contribution is 6.02. The monoisotopic (exact) mass is 346 g/mol. The maximum atomic E-state index is 8.14. The molecule has 2 aromatic rings. The molecule has 1 heterocycles. The Hall–Kier alpha value is -3.34. The van der Waals surface area contributed by atoms with Crippen molar-refractivity contribution in [1.29, 1.82) is 10.8 Å². The topological polar surface area (TPSA) is 75.4 Å². The molecule has 4 rings (SSSR count). The molecular formula is C21H18N2O3.